The third kappa shape index (κ3) is 2.92. The zero-order valence-electron chi connectivity index (χ0n) is 11.5. The highest BCUT2D eigenvalue weighted by molar-refractivity contribution is 7.89. The molecule has 0 atom stereocenters. The van der Waals surface area contributed by atoms with Crippen LogP contribution in [0.5, 0.6) is 0 Å². The Morgan fingerprint density at radius 3 is 2.33 bits per heavy atom. The van der Waals surface area contributed by atoms with Crippen LogP contribution in [0, 0.1) is 0 Å². The van der Waals surface area contributed by atoms with E-state index in [1.54, 1.807) is 0 Å². The minimum absolute atomic E-state index is 0.0208. The Morgan fingerprint density at radius 2 is 1.86 bits per heavy atom. The highest BCUT2D eigenvalue weighted by Gasteiger charge is 2.35. The zero-order chi connectivity index (χ0) is 15.0. The van der Waals surface area contributed by atoms with Crippen LogP contribution in [0.4, 0.5) is 0 Å². The molecule has 0 bridgehead atoms. The highest BCUT2D eigenvalue weighted by Crippen LogP contribution is 2.28. The fourth-order valence-electron chi connectivity index (χ4n) is 2.54. The Hall–Kier alpha value is -1.51. The Kier molecular flexibility index (Phi) is 3.68. The molecule has 1 N–H and O–H groups in total. The summed E-state index contributed by atoms with van der Waals surface area (Å²) in [6, 6.07) is 3.16. The topological polar surface area (TPSA) is 90.8 Å². The minimum Gasteiger partial charge on any atom is -0.478 e. The summed E-state index contributed by atoms with van der Waals surface area (Å²) in [7, 11) is -3.63. The number of nitrogens with zero attached hydrogens (tertiary/aromatic N) is 3. The van der Waals surface area contributed by atoms with Gasteiger partial charge in [-0.1, -0.05) is 0 Å². The van der Waals surface area contributed by atoms with Gasteiger partial charge in [0.15, 0.2) is 5.03 Å². The van der Waals surface area contributed by atoms with Gasteiger partial charge in [0.05, 0.1) is 5.56 Å². The molecule has 0 spiro atoms. The van der Waals surface area contributed by atoms with Crippen LogP contribution in [0.3, 0.4) is 0 Å². The Balaban J connectivity index is 1.72. The fourth-order valence-corrected chi connectivity index (χ4v) is 3.87. The maximum atomic E-state index is 12.5. The van der Waals surface area contributed by atoms with Crippen molar-refractivity contribution in [3.05, 3.63) is 23.9 Å². The standard InChI is InChI=1S/C13H17N3O4S/c17-13(18)10-1-4-12(14-9-10)21(19,20)16-7-5-15(6-8-16)11-2-3-11/h1,4,9,11H,2-3,5-8H2,(H,17,18). The van der Waals surface area contributed by atoms with Gasteiger partial charge in [-0.15, -0.1) is 0 Å². The number of carboxylic acid groups (broad SMARTS) is 1. The van der Waals surface area contributed by atoms with E-state index >= 15 is 0 Å². The molecule has 1 aromatic rings. The number of carbonyl (C=O) groups is 1. The van der Waals surface area contributed by atoms with Crippen LogP contribution in [-0.4, -0.2) is 65.9 Å². The normalized spacial score (nSPS) is 21.3. The molecule has 0 aromatic carbocycles. The third-order valence-electron chi connectivity index (χ3n) is 3.92. The molecule has 2 heterocycles. The maximum absolute atomic E-state index is 12.5. The number of aromatic nitrogens is 1. The first-order valence-electron chi connectivity index (χ1n) is 6.92. The second kappa shape index (κ2) is 5.36. The van der Waals surface area contributed by atoms with Crippen molar-refractivity contribution in [2.45, 2.75) is 23.9 Å². The van der Waals surface area contributed by atoms with Gasteiger partial charge in [0.2, 0.25) is 0 Å². The summed E-state index contributed by atoms with van der Waals surface area (Å²) < 4.78 is 26.3. The van der Waals surface area contributed by atoms with Crippen molar-refractivity contribution >= 4 is 16.0 Å². The van der Waals surface area contributed by atoms with E-state index < -0.39 is 16.0 Å². The van der Waals surface area contributed by atoms with Crippen LogP contribution >= 0.6 is 0 Å². The number of carboxylic acids is 1. The largest absolute Gasteiger partial charge is 0.478 e. The third-order valence-corrected chi connectivity index (χ3v) is 5.74. The molecule has 8 heteroatoms. The van der Waals surface area contributed by atoms with Crippen molar-refractivity contribution in [3.8, 4) is 0 Å². The van der Waals surface area contributed by atoms with Crippen LogP contribution in [-0.2, 0) is 10.0 Å². The lowest BCUT2D eigenvalue weighted by atomic mass is 10.3. The van der Waals surface area contributed by atoms with Crippen molar-refractivity contribution in [1.29, 1.82) is 0 Å². The molecule has 0 radical (unpaired) electrons. The highest BCUT2D eigenvalue weighted by atomic mass is 32.2. The van der Waals surface area contributed by atoms with E-state index in [0.717, 1.165) is 19.3 Å². The van der Waals surface area contributed by atoms with Gasteiger partial charge < -0.3 is 5.11 Å². The summed E-state index contributed by atoms with van der Waals surface area (Å²) >= 11 is 0. The number of sulfonamides is 1. The first kappa shape index (κ1) is 14.4. The first-order valence-corrected chi connectivity index (χ1v) is 8.36. The summed E-state index contributed by atoms with van der Waals surface area (Å²) in [5.74, 6) is -1.12. The summed E-state index contributed by atoms with van der Waals surface area (Å²) in [6.45, 7) is 2.41. The molecule has 21 heavy (non-hydrogen) atoms. The van der Waals surface area contributed by atoms with Gasteiger partial charge in [0.25, 0.3) is 10.0 Å². The zero-order valence-corrected chi connectivity index (χ0v) is 12.3. The van der Waals surface area contributed by atoms with Crippen LogP contribution < -0.4 is 0 Å². The molecular weight excluding hydrogens is 294 g/mol. The molecule has 0 unspecified atom stereocenters. The van der Waals surface area contributed by atoms with Gasteiger partial charge in [0, 0.05) is 38.4 Å². The van der Waals surface area contributed by atoms with Crippen molar-refractivity contribution in [2.75, 3.05) is 26.2 Å². The minimum atomic E-state index is -3.63. The van der Waals surface area contributed by atoms with E-state index in [2.05, 4.69) is 9.88 Å². The van der Waals surface area contributed by atoms with E-state index in [4.69, 9.17) is 5.11 Å². The first-order chi connectivity index (χ1) is 9.98. The van der Waals surface area contributed by atoms with Gasteiger partial charge in [-0.3, -0.25) is 4.90 Å². The Bertz CT molecular complexity index is 632. The molecule has 2 fully saturated rings. The van der Waals surface area contributed by atoms with Crippen LogP contribution in [0.15, 0.2) is 23.4 Å². The maximum Gasteiger partial charge on any atom is 0.337 e. The molecule has 1 saturated carbocycles. The summed E-state index contributed by atoms with van der Waals surface area (Å²) in [5, 5.41) is 8.72. The molecule has 1 aliphatic carbocycles. The Morgan fingerprint density at radius 1 is 1.19 bits per heavy atom. The van der Waals surface area contributed by atoms with Crippen LogP contribution in [0.1, 0.15) is 23.2 Å². The van der Waals surface area contributed by atoms with E-state index in [0.29, 0.717) is 19.1 Å². The van der Waals surface area contributed by atoms with Crippen molar-refractivity contribution < 1.29 is 18.3 Å². The lowest BCUT2D eigenvalue weighted by Gasteiger charge is -2.33. The van der Waals surface area contributed by atoms with Crippen LogP contribution in [0.25, 0.3) is 0 Å². The van der Waals surface area contributed by atoms with Crippen molar-refractivity contribution in [2.24, 2.45) is 0 Å². The van der Waals surface area contributed by atoms with Crippen molar-refractivity contribution in [3.63, 3.8) is 0 Å². The number of rotatable bonds is 4. The molecule has 7 nitrogen and oxygen atoms in total. The predicted molar refractivity (Wildman–Crippen MR) is 74.6 cm³/mol. The average Bonchev–Trinajstić information content (AvgIpc) is 3.32. The number of hydrogen-bond donors (Lipinski definition) is 1. The molecule has 2 aliphatic rings. The monoisotopic (exact) mass is 311 g/mol. The average molecular weight is 311 g/mol. The molecule has 1 saturated heterocycles. The van der Waals surface area contributed by atoms with E-state index in [9.17, 15) is 13.2 Å². The van der Waals surface area contributed by atoms with Gasteiger partial charge in [-0.05, 0) is 25.0 Å². The van der Waals surface area contributed by atoms with E-state index in [-0.39, 0.29) is 10.6 Å². The summed E-state index contributed by atoms with van der Waals surface area (Å²) in [4.78, 5) is 16.9. The second-order valence-electron chi connectivity index (χ2n) is 5.36. The fraction of sp³-hybridized carbons (Fsp3) is 0.538. The molecule has 1 aliphatic heterocycles. The van der Waals surface area contributed by atoms with Gasteiger partial charge >= 0.3 is 5.97 Å². The van der Waals surface area contributed by atoms with Gasteiger partial charge in [0.1, 0.15) is 0 Å². The molecule has 3 rings (SSSR count). The summed E-state index contributed by atoms with van der Waals surface area (Å²) in [6.07, 6.45) is 3.51. The van der Waals surface area contributed by atoms with E-state index in [1.165, 1.54) is 29.3 Å². The quantitative estimate of drug-likeness (QED) is 0.857. The summed E-state index contributed by atoms with van der Waals surface area (Å²) in [5.41, 5.74) is -0.0208. The Labute approximate surface area is 123 Å². The van der Waals surface area contributed by atoms with Gasteiger partial charge in [-0.25, -0.2) is 18.2 Å². The smallest absolute Gasteiger partial charge is 0.337 e. The SMILES string of the molecule is O=C(O)c1ccc(S(=O)(=O)N2CCN(C3CC3)CC2)nc1. The number of hydrogen-bond acceptors (Lipinski definition) is 5. The van der Waals surface area contributed by atoms with E-state index in [1.807, 2.05) is 0 Å². The predicted octanol–water partition coefficient (Wildman–Crippen LogP) is 0.248. The van der Waals surface area contributed by atoms with Gasteiger partial charge in [-0.2, -0.15) is 4.31 Å². The number of aromatic carboxylic acids is 1. The van der Waals surface area contributed by atoms with Crippen molar-refractivity contribution in [1.82, 2.24) is 14.2 Å². The molecule has 114 valence electrons. The lowest BCUT2D eigenvalue weighted by Crippen LogP contribution is -2.49. The molecular formula is C13H17N3O4S. The number of pyridine rings is 1. The molecule has 1 aromatic heterocycles. The number of piperazine rings is 1. The lowest BCUT2D eigenvalue weighted by molar-refractivity contribution is 0.0696. The van der Waals surface area contributed by atoms with Crippen LogP contribution in [0.2, 0.25) is 0 Å². The molecule has 0 amide bonds. The second-order valence-corrected chi connectivity index (χ2v) is 7.25.